The van der Waals surface area contributed by atoms with Crippen molar-refractivity contribution in [2.45, 2.75) is 26.7 Å². The highest BCUT2D eigenvalue weighted by Gasteiger charge is 2.02. The molecule has 4 nitrogen and oxygen atoms in total. The van der Waals surface area contributed by atoms with Crippen molar-refractivity contribution in [1.29, 1.82) is 0 Å². The van der Waals surface area contributed by atoms with Crippen molar-refractivity contribution in [3.05, 3.63) is 59.3 Å². The van der Waals surface area contributed by atoms with Crippen molar-refractivity contribution in [2.24, 2.45) is 4.99 Å². The van der Waals surface area contributed by atoms with Crippen LogP contribution in [0.15, 0.2) is 46.0 Å². The van der Waals surface area contributed by atoms with E-state index in [9.17, 15) is 4.39 Å². The standard InChI is InChI=1S/C18H24FN3O.HI/c1-3-20-18(22-11-9-17-5-4-12-23-17)21-10-8-15-6-7-16(19)13-14(15)2;/h4-7,12-13H,3,8-11H2,1-2H3,(H2,20,21,22);1H. The van der Waals surface area contributed by atoms with E-state index in [4.69, 9.17) is 4.42 Å². The fraction of sp³-hybridized carbons (Fsp3) is 0.389. The van der Waals surface area contributed by atoms with Crippen LogP contribution in [0.4, 0.5) is 4.39 Å². The smallest absolute Gasteiger partial charge is 0.191 e. The number of hydrogen-bond acceptors (Lipinski definition) is 2. The Balaban J connectivity index is 0.00000288. The lowest BCUT2D eigenvalue weighted by atomic mass is 10.1. The van der Waals surface area contributed by atoms with Gasteiger partial charge in [0.1, 0.15) is 11.6 Å². The average molecular weight is 445 g/mol. The van der Waals surface area contributed by atoms with Crippen molar-refractivity contribution in [3.8, 4) is 0 Å². The summed E-state index contributed by atoms with van der Waals surface area (Å²) in [7, 11) is 0. The first-order valence-electron chi connectivity index (χ1n) is 7.98. The molecular weight excluding hydrogens is 420 g/mol. The zero-order chi connectivity index (χ0) is 16.5. The minimum atomic E-state index is -0.188. The molecule has 6 heteroatoms. The largest absolute Gasteiger partial charge is 0.469 e. The van der Waals surface area contributed by atoms with E-state index in [-0.39, 0.29) is 29.8 Å². The Hall–Kier alpha value is -1.57. The summed E-state index contributed by atoms with van der Waals surface area (Å²) in [5.41, 5.74) is 2.12. The first-order valence-corrected chi connectivity index (χ1v) is 7.98. The molecule has 0 unspecified atom stereocenters. The first kappa shape index (κ1) is 20.5. The van der Waals surface area contributed by atoms with Gasteiger partial charge in [-0.05, 0) is 55.7 Å². The third-order valence-electron chi connectivity index (χ3n) is 3.54. The van der Waals surface area contributed by atoms with E-state index in [1.54, 1.807) is 12.3 Å². The van der Waals surface area contributed by atoms with Gasteiger partial charge in [-0.15, -0.1) is 24.0 Å². The van der Waals surface area contributed by atoms with Gasteiger partial charge >= 0.3 is 0 Å². The van der Waals surface area contributed by atoms with Gasteiger partial charge in [0.05, 0.1) is 6.26 Å². The van der Waals surface area contributed by atoms with Crippen LogP contribution >= 0.6 is 24.0 Å². The predicted molar refractivity (Wildman–Crippen MR) is 107 cm³/mol. The fourth-order valence-electron chi connectivity index (χ4n) is 2.33. The average Bonchev–Trinajstić information content (AvgIpc) is 3.03. The lowest BCUT2D eigenvalue weighted by molar-refractivity contribution is 0.510. The summed E-state index contributed by atoms with van der Waals surface area (Å²) in [4.78, 5) is 4.53. The number of furan rings is 1. The number of benzene rings is 1. The lowest BCUT2D eigenvalue weighted by Gasteiger charge is -2.12. The molecule has 0 spiro atoms. The third-order valence-corrected chi connectivity index (χ3v) is 3.54. The minimum absolute atomic E-state index is 0. The van der Waals surface area contributed by atoms with Crippen LogP contribution in [0.1, 0.15) is 23.8 Å². The maximum atomic E-state index is 13.1. The van der Waals surface area contributed by atoms with Crippen LogP contribution in [-0.2, 0) is 12.8 Å². The van der Waals surface area contributed by atoms with Crippen LogP contribution in [0, 0.1) is 12.7 Å². The van der Waals surface area contributed by atoms with Crippen LogP contribution in [0.25, 0.3) is 0 Å². The molecule has 1 heterocycles. The third kappa shape index (κ3) is 6.90. The van der Waals surface area contributed by atoms with E-state index in [1.165, 1.54) is 6.07 Å². The van der Waals surface area contributed by atoms with E-state index in [1.807, 2.05) is 32.0 Å². The zero-order valence-electron chi connectivity index (χ0n) is 14.1. The van der Waals surface area contributed by atoms with Gasteiger partial charge < -0.3 is 15.1 Å². The van der Waals surface area contributed by atoms with Gasteiger partial charge in [0.25, 0.3) is 0 Å². The number of hydrogen-bond donors (Lipinski definition) is 2. The Morgan fingerprint density at radius 2 is 2.04 bits per heavy atom. The topological polar surface area (TPSA) is 49.6 Å². The second-order valence-corrected chi connectivity index (χ2v) is 5.34. The van der Waals surface area contributed by atoms with Gasteiger partial charge in [-0.2, -0.15) is 0 Å². The summed E-state index contributed by atoms with van der Waals surface area (Å²) in [5.74, 6) is 1.54. The maximum Gasteiger partial charge on any atom is 0.191 e. The van der Waals surface area contributed by atoms with Crippen molar-refractivity contribution < 1.29 is 8.81 Å². The molecule has 1 aromatic heterocycles. The number of guanidine groups is 1. The van der Waals surface area contributed by atoms with E-state index in [0.717, 1.165) is 48.8 Å². The normalized spacial score (nSPS) is 11.0. The Morgan fingerprint density at radius 1 is 1.21 bits per heavy atom. The van der Waals surface area contributed by atoms with Gasteiger partial charge in [-0.3, -0.25) is 4.99 Å². The first-order chi connectivity index (χ1) is 11.2. The number of rotatable bonds is 7. The highest BCUT2D eigenvalue weighted by atomic mass is 127. The molecule has 2 rings (SSSR count). The Kier molecular flexibility index (Phi) is 9.44. The van der Waals surface area contributed by atoms with Gasteiger partial charge in [-0.1, -0.05) is 6.07 Å². The molecule has 0 saturated carbocycles. The van der Waals surface area contributed by atoms with Crippen molar-refractivity contribution >= 4 is 29.9 Å². The molecule has 0 saturated heterocycles. The Labute approximate surface area is 160 Å². The van der Waals surface area contributed by atoms with Crippen LogP contribution < -0.4 is 10.6 Å². The molecule has 1 aromatic carbocycles. The van der Waals surface area contributed by atoms with Crippen LogP contribution in [0.5, 0.6) is 0 Å². The summed E-state index contributed by atoms with van der Waals surface area (Å²) in [5, 5.41) is 6.53. The van der Waals surface area contributed by atoms with Crippen molar-refractivity contribution in [2.75, 3.05) is 19.6 Å². The molecule has 0 atom stereocenters. The maximum absolute atomic E-state index is 13.1. The Morgan fingerprint density at radius 3 is 2.71 bits per heavy atom. The molecule has 0 radical (unpaired) electrons. The summed E-state index contributed by atoms with van der Waals surface area (Å²) in [6, 6.07) is 8.75. The lowest BCUT2D eigenvalue weighted by Crippen LogP contribution is -2.38. The summed E-state index contributed by atoms with van der Waals surface area (Å²) in [6.45, 7) is 6.19. The molecule has 2 aromatic rings. The second-order valence-electron chi connectivity index (χ2n) is 5.34. The molecule has 0 aliphatic heterocycles. The molecule has 2 N–H and O–H groups in total. The highest BCUT2D eigenvalue weighted by molar-refractivity contribution is 14.0. The van der Waals surface area contributed by atoms with Crippen LogP contribution in [0.3, 0.4) is 0 Å². The SMILES string of the molecule is CCNC(=NCCc1ccco1)NCCc1ccc(F)cc1C.I. The number of nitrogens with one attached hydrogen (secondary N) is 2. The van der Waals surface area contributed by atoms with Gasteiger partial charge in [0, 0.05) is 26.1 Å². The number of aryl methyl sites for hydroxylation is 1. The summed E-state index contributed by atoms with van der Waals surface area (Å²) in [6.07, 6.45) is 3.28. The van der Waals surface area contributed by atoms with E-state index < -0.39 is 0 Å². The number of nitrogens with zero attached hydrogens (tertiary/aromatic N) is 1. The minimum Gasteiger partial charge on any atom is -0.469 e. The number of aliphatic imine (C=N–C) groups is 1. The molecule has 0 aliphatic rings. The number of halogens is 2. The fourth-order valence-corrected chi connectivity index (χ4v) is 2.33. The molecule has 0 fully saturated rings. The molecule has 0 bridgehead atoms. The molecule has 0 amide bonds. The quantitative estimate of drug-likeness (QED) is 0.389. The highest BCUT2D eigenvalue weighted by Crippen LogP contribution is 2.10. The van der Waals surface area contributed by atoms with E-state index in [0.29, 0.717) is 6.54 Å². The predicted octanol–water partition coefficient (Wildman–Crippen LogP) is 3.69. The van der Waals surface area contributed by atoms with Gasteiger partial charge in [0.15, 0.2) is 5.96 Å². The van der Waals surface area contributed by atoms with E-state index in [2.05, 4.69) is 15.6 Å². The Bertz CT molecular complexity index is 629. The van der Waals surface area contributed by atoms with Crippen molar-refractivity contribution in [3.63, 3.8) is 0 Å². The van der Waals surface area contributed by atoms with E-state index >= 15 is 0 Å². The van der Waals surface area contributed by atoms with Gasteiger partial charge in [0.2, 0.25) is 0 Å². The van der Waals surface area contributed by atoms with Crippen molar-refractivity contribution in [1.82, 2.24) is 10.6 Å². The van der Waals surface area contributed by atoms with Crippen LogP contribution in [-0.4, -0.2) is 25.6 Å². The monoisotopic (exact) mass is 445 g/mol. The molecule has 132 valence electrons. The molecule has 24 heavy (non-hydrogen) atoms. The van der Waals surface area contributed by atoms with Gasteiger partial charge in [-0.25, -0.2) is 4.39 Å². The zero-order valence-corrected chi connectivity index (χ0v) is 16.5. The summed E-state index contributed by atoms with van der Waals surface area (Å²) < 4.78 is 18.4. The second kappa shape index (κ2) is 11.1. The van der Waals surface area contributed by atoms with Crippen LogP contribution in [0.2, 0.25) is 0 Å². The summed E-state index contributed by atoms with van der Waals surface area (Å²) >= 11 is 0. The molecule has 0 aliphatic carbocycles. The molecular formula is C18H25FIN3O.